The second-order valence-electron chi connectivity index (χ2n) is 1.18. The van der Waals surface area contributed by atoms with Crippen molar-refractivity contribution in [3.63, 3.8) is 0 Å². The Kier molecular flexibility index (Phi) is 52.8. The molecule has 85 valence electrons. The van der Waals surface area contributed by atoms with Gasteiger partial charge in [-0.2, -0.15) is 13.2 Å². The van der Waals surface area contributed by atoms with E-state index in [2.05, 4.69) is 0 Å². The first-order chi connectivity index (χ1) is 5.56. The third kappa shape index (κ3) is 434. The van der Waals surface area contributed by atoms with Crippen LogP contribution in [0.1, 0.15) is 0 Å². The predicted molar refractivity (Wildman–Crippen MR) is 37.5 cm³/mol. The molecule has 0 amide bonds. The van der Waals surface area contributed by atoms with E-state index in [1.165, 1.54) is 0 Å². The third-order valence-corrected chi connectivity index (χ3v) is 0.214. The van der Waals surface area contributed by atoms with E-state index >= 15 is 0 Å². The average molecular weight is 247 g/mol. The maximum atomic E-state index is 9.11. The van der Waals surface area contributed by atoms with Crippen molar-refractivity contribution in [2.24, 2.45) is 0 Å². The van der Waals surface area contributed by atoms with Crippen LogP contribution in [0.2, 0.25) is 0 Å². The Morgan fingerprint density at radius 1 is 1.23 bits per heavy atom. The molecule has 5 N–H and O–H groups in total. The van der Waals surface area contributed by atoms with Gasteiger partial charge in [0.15, 0.2) is 0 Å². The van der Waals surface area contributed by atoms with Crippen LogP contribution in [0.25, 0.3) is 11.5 Å². The molecular formula is C4H13CuN3O5. The molecule has 13 heavy (non-hydrogen) atoms. The number of aliphatic hydroxyl groups excluding tert-OH is 1. The summed E-state index contributed by atoms with van der Waals surface area (Å²) in [4.78, 5) is 8.47. The molecule has 0 unspecified atom stereocenters. The summed E-state index contributed by atoms with van der Waals surface area (Å²) in [6.45, 7) is -0.139. The van der Waals surface area contributed by atoms with Gasteiger partial charge in [0.25, 0.3) is 0 Å². The molecule has 0 aliphatic rings. The van der Waals surface area contributed by atoms with Crippen LogP contribution in [0.15, 0.2) is 0 Å². The Labute approximate surface area is 86.1 Å². The van der Waals surface area contributed by atoms with Gasteiger partial charge in [-0.05, 0) is 0 Å². The monoisotopic (exact) mass is 246 g/mol. The van der Waals surface area contributed by atoms with Crippen LogP contribution in [-0.4, -0.2) is 46.9 Å². The molecule has 0 fully saturated rings. The van der Waals surface area contributed by atoms with Gasteiger partial charge < -0.3 is 21.7 Å². The topological polar surface area (TPSA) is 151 Å². The van der Waals surface area contributed by atoms with E-state index in [9.17, 15) is 0 Å². The Balaban J connectivity index is -0.0000000450. The van der Waals surface area contributed by atoms with E-state index in [-0.39, 0.29) is 43.4 Å². The first-order valence-electron chi connectivity index (χ1n) is 2.89. The predicted octanol–water partition coefficient (Wildman–Crippen LogP) is -1.03. The Bertz CT molecular complexity index is 74.2. The molecule has 0 aromatic carbocycles. The molecule has 0 atom stereocenters. The van der Waals surface area contributed by atoms with Crippen LogP contribution >= 0.6 is 0 Å². The second-order valence-corrected chi connectivity index (χ2v) is 1.18. The largest absolute Gasteiger partial charge is 2.00 e. The minimum Gasteiger partial charge on any atom is -0.856 e. The molecular weight excluding hydrogens is 234 g/mol. The third-order valence-electron chi connectivity index (χ3n) is 0.214. The molecule has 0 aromatic heterocycles. The first kappa shape index (κ1) is 22.9. The van der Waals surface area contributed by atoms with Crippen LogP contribution in [0.3, 0.4) is 0 Å². The summed E-state index contributed by atoms with van der Waals surface area (Å²) >= 11 is 0. The van der Waals surface area contributed by atoms with E-state index in [0.717, 1.165) is 0 Å². The van der Waals surface area contributed by atoms with Gasteiger partial charge in [-0.15, -0.1) is 6.54 Å². The van der Waals surface area contributed by atoms with Gasteiger partial charge in [0.05, 0.1) is 0 Å². The smallest absolute Gasteiger partial charge is 0.856 e. The zero-order chi connectivity index (χ0) is 10.4. The zero-order valence-electron chi connectivity index (χ0n) is 6.74. The quantitative estimate of drug-likeness (QED) is 0.420. The second kappa shape index (κ2) is 30.0. The fourth-order valence-electron chi connectivity index (χ4n) is 0. The summed E-state index contributed by atoms with van der Waals surface area (Å²) in [6.07, 6.45) is 0. The van der Waals surface area contributed by atoms with Crippen LogP contribution < -0.4 is 5.11 Å². The summed E-state index contributed by atoms with van der Waals surface area (Å²) in [5.41, 5.74) is 12.3. The van der Waals surface area contributed by atoms with Crippen molar-refractivity contribution in [2.75, 3.05) is 26.3 Å². The molecule has 0 rings (SSSR count). The van der Waals surface area contributed by atoms with E-state index in [4.69, 9.17) is 37.0 Å². The van der Waals surface area contributed by atoms with Crippen molar-refractivity contribution in [2.45, 2.75) is 0 Å². The van der Waals surface area contributed by atoms with Crippen LogP contribution in [0.5, 0.6) is 0 Å². The molecule has 1 radical (unpaired) electrons. The molecule has 0 saturated heterocycles. The van der Waals surface area contributed by atoms with Crippen LogP contribution in [0, 0.1) is 4.91 Å². The number of aliphatic hydroxyl groups is 1. The Morgan fingerprint density at radius 2 is 1.38 bits per heavy atom. The number of hydrogen-bond donors (Lipinski definition) is 3. The summed E-state index contributed by atoms with van der Waals surface area (Å²) in [5, 5.41) is 29.3. The molecule has 0 aliphatic carbocycles. The first-order valence-corrected chi connectivity index (χ1v) is 2.89. The number of hydrogen-bond acceptors (Lipinski definition) is 3. The molecule has 8 nitrogen and oxygen atoms in total. The summed E-state index contributed by atoms with van der Waals surface area (Å²) in [6, 6.07) is 0. The molecule has 0 heterocycles. The molecule has 0 aromatic rings. The zero-order valence-corrected chi connectivity index (χ0v) is 7.68. The SMILES string of the molecule is O=[N+](O)O.[Cu+2].[NH-]CCO.[NH-]CC[O-]. The Morgan fingerprint density at radius 3 is 1.38 bits per heavy atom. The van der Waals surface area contributed by atoms with Crippen molar-refractivity contribution in [1.29, 1.82) is 0 Å². The van der Waals surface area contributed by atoms with Gasteiger partial charge in [0, 0.05) is 6.61 Å². The van der Waals surface area contributed by atoms with E-state index in [1.54, 1.807) is 0 Å². The summed E-state index contributed by atoms with van der Waals surface area (Å²) in [5.74, 6) is 0. The van der Waals surface area contributed by atoms with Gasteiger partial charge in [0.2, 0.25) is 0 Å². The normalized spacial score (nSPS) is 6.46. The van der Waals surface area contributed by atoms with Crippen molar-refractivity contribution in [3.8, 4) is 0 Å². The molecule has 0 saturated carbocycles. The molecule has 0 bridgehead atoms. The molecule has 9 heteroatoms. The average Bonchev–Trinajstić information content (AvgIpc) is 2.03. The number of nitrogens with one attached hydrogen (secondary N) is 2. The Hall–Kier alpha value is -0.441. The number of nitrogens with zero attached hydrogens (tertiary/aromatic N) is 1. The standard InChI is InChI=1S/C2H6NO.C2H5NO.Cu.H2NO3/c2*3-1-2-4;;2-1(3)4/h3-4H,1-2H2;3H,1-2H2;;(H2,2,3,4)/q-1;-2;+2;+1. The molecule has 0 spiro atoms. The van der Waals surface area contributed by atoms with E-state index in [0.29, 0.717) is 0 Å². The van der Waals surface area contributed by atoms with Crippen LogP contribution in [-0.2, 0) is 17.1 Å². The summed E-state index contributed by atoms with van der Waals surface area (Å²) in [7, 11) is 0. The van der Waals surface area contributed by atoms with Crippen molar-refractivity contribution in [1.82, 2.24) is 0 Å². The van der Waals surface area contributed by atoms with Gasteiger partial charge in [-0.1, -0.05) is 0 Å². The fraction of sp³-hybridized carbons (Fsp3) is 1.00. The maximum absolute atomic E-state index is 9.11. The van der Waals surface area contributed by atoms with Gasteiger partial charge in [-0.3, -0.25) is 0 Å². The minimum atomic E-state index is -1.25. The van der Waals surface area contributed by atoms with E-state index < -0.39 is 5.09 Å². The molecule has 0 aliphatic heterocycles. The van der Waals surface area contributed by atoms with Crippen molar-refractivity contribution < 1.29 is 42.8 Å². The minimum absolute atomic E-state index is 0. The maximum Gasteiger partial charge on any atom is 2.00 e. The summed E-state index contributed by atoms with van der Waals surface area (Å²) < 4.78 is 0. The van der Waals surface area contributed by atoms with Crippen molar-refractivity contribution >= 4 is 0 Å². The van der Waals surface area contributed by atoms with Crippen LogP contribution in [0.4, 0.5) is 0 Å². The number of rotatable bonds is 2. The van der Waals surface area contributed by atoms with E-state index in [1.807, 2.05) is 0 Å². The van der Waals surface area contributed by atoms with Gasteiger partial charge in [0.1, 0.15) is 4.91 Å². The van der Waals surface area contributed by atoms with Gasteiger partial charge in [-0.25, -0.2) is 10.4 Å². The fourth-order valence-corrected chi connectivity index (χ4v) is 0. The van der Waals surface area contributed by atoms with Crippen molar-refractivity contribution in [3.05, 3.63) is 16.4 Å². The van der Waals surface area contributed by atoms with Gasteiger partial charge >= 0.3 is 22.2 Å².